The highest BCUT2D eigenvalue weighted by atomic mass is 79.9. The number of esters is 1. The number of aromatic nitrogens is 1. The predicted octanol–water partition coefficient (Wildman–Crippen LogP) is 4.92. The molecule has 0 N–H and O–H groups in total. The van der Waals surface area contributed by atoms with E-state index in [9.17, 15) is 9.18 Å². The highest BCUT2D eigenvalue weighted by Crippen LogP contribution is 2.26. The number of nitrogens with zero attached hydrogens (tertiary/aromatic N) is 1. The van der Waals surface area contributed by atoms with Gasteiger partial charge in [-0.25, -0.2) is 9.37 Å². The summed E-state index contributed by atoms with van der Waals surface area (Å²) in [6.45, 7) is 0. The lowest BCUT2D eigenvalue weighted by molar-refractivity contribution is -0.133. The minimum atomic E-state index is -0.583. The highest BCUT2D eigenvalue weighted by molar-refractivity contribution is 9.10. The third-order valence-corrected chi connectivity index (χ3v) is 4.88. The van der Waals surface area contributed by atoms with Crippen molar-refractivity contribution in [2.75, 3.05) is 0 Å². The molecular weight excluding hydrogens is 389 g/mol. The molecule has 0 spiro atoms. The highest BCUT2D eigenvalue weighted by Gasteiger charge is 2.13. The Balaban J connectivity index is 1.67. The number of thiophene rings is 1. The van der Waals surface area contributed by atoms with Crippen molar-refractivity contribution in [3.63, 3.8) is 0 Å². The van der Waals surface area contributed by atoms with Crippen molar-refractivity contribution in [3.05, 3.63) is 56.4 Å². The van der Waals surface area contributed by atoms with Crippen LogP contribution in [-0.2, 0) is 11.2 Å². The van der Waals surface area contributed by atoms with Gasteiger partial charge in [0, 0.05) is 20.8 Å². The number of halogens is 2. The maximum atomic E-state index is 13.6. The number of rotatable bonds is 4. The van der Waals surface area contributed by atoms with Gasteiger partial charge in [-0.3, -0.25) is 4.79 Å². The summed E-state index contributed by atoms with van der Waals surface area (Å²) in [7, 11) is 0. The van der Waals surface area contributed by atoms with Gasteiger partial charge in [-0.2, -0.15) is 11.3 Å². The average molecular weight is 398 g/mol. The first-order chi connectivity index (χ1) is 10.6. The van der Waals surface area contributed by atoms with Crippen molar-refractivity contribution < 1.29 is 13.9 Å². The Morgan fingerprint density at radius 2 is 2.18 bits per heavy atom. The number of hydrogen-bond acceptors (Lipinski definition) is 5. The maximum absolute atomic E-state index is 13.6. The lowest BCUT2D eigenvalue weighted by Gasteiger charge is -2.04. The van der Waals surface area contributed by atoms with Crippen LogP contribution in [0.2, 0.25) is 0 Å². The van der Waals surface area contributed by atoms with Crippen molar-refractivity contribution >= 4 is 44.6 Å². The van der Waals surface area contributed by atoms with Crippen LogP contribution in [0.1, 0.15) is 5.69 Å². The Morgan fingerprint density at radius 3 is 2.91 bits per heavy atom. The summed E-state index contributed by atoms with van der Waals surface area (Å²) in [6.07, 6.45) is 0.0101. The number of ether oxygens (including phenoxy) is 1. The largest absolute Gasteiger partial charge is 0.423 e. The molecule has 3 nitrogen and oxygen atoms in total. The molecule has 0 fully saturated rings. The van der Waals surface area contributed by atoms with Gasteiger partial charge in [0.15, 0.2) is 11.6 Å². The van der Waals surface area contributed by atoms with Crippen molar-refractivity contribution in [1.82, 2.24) is 4.98 Å². The second kappa shape index (κ2) is 6.68. The van der Waals surface area contributed by atoms with Gasteiger partial charge in [0.05, 0.1) is 12.1 Å². The van der Waals surface area contributed by atoms with E-state index < -0.39 is 11.8 Å². The summed E-state index contributed by atoms with van der Waals surface area (Å²) >= 11 is 6.21. The molecule has 3 aromatic rings. The zero-order chi connectivity index (χ0) is 15.5. The second-order valence-corrected chi connectivity index (χ2v) is 6.94. The SMILES string of the molecule is O=C(Cc1csc(-c2ccsc2)n1)Oc1ccc(Br)cc1F. The molecule has 112 valence electrons. The van der Waals surface area contributed by atoms with Gasteiger partial charge in [0.1, 0.15) is 5.01 Å². The van der Waals surface area contributed by atoms with Crippen LogP contribution in [0.5, 0.6) is 5.75 Å². The lowest BCUT2D eigenvalue weighted by Crippen LogP contribution is -2.12. The standard InChI is InChI=1S/C15H9BrFNO2S2/c16-10-1-2-13(12(17)5-10)20-14(19)6-11-8-22-15(18-11)9-3-4-21-7-9/h1-5,7-8H,6H2. The van der Waals surface area contributed by atoms with Gasteiger partial charge in [-0.15, -0.1) is 11.3 Å². The summed E-state index contributed by atoms with van der Waals surface area (Å²) in [5.74, 6) is -1.20. The first-order valence-electron chi connectivity index (χ1n) is 6.24. The molecule has 0 aliphatic heterocycles. The minimum Gasteiger partial charge on any atom is -0.423 e. The van der Waals surface area contributed by atoms with Crippen molar-refractivity contribution in [1.29, 1.82) is 0 Å². The van der Waals surface area contributed by atoms with Crippen LogP contribution in [0.15, 0.2) is 44.9 Å². The third kappa shape index (κ3) is 3.60. The Hall–Kier alpha value is -1.57. The van der Waals surface area contributed by atoms with Gasteiger partial charge < -0.3 is 4.74 Å². The fraction of sp³-hybridized carbons (Fsp3) is 0.0667. The van der Waals surface area contributed by atoms with Gasteiger partial charge in [-0.05, 0) is 29.6 Å². The molecule has 0 saturated heterocycles. The summed E-state index contributed by atoms with van der Waals surface area (Å²) in [5, 5.41) is 6.64. The van der Waals surface area contributed by atoms with Crippen LogP contribution < -0.4 is 4.74 Å². The lowest BCUT2D eigenvalue weighted by atomic mass is 10.3. The zero-order valence-corrected chi connectivity index (χ0v) is 14.3. The van der Waals surface area contributed by atoms with E-state index in [-0.39, 0.29) is 12.2 Å². The van der Waals surface area contributed by atoms with Crippen LogP contribution in [0, 0.1) is 5.82 Å². The van der Waals surface area contributed by atoms with Gasteiger partial charge in [-0.1, -0.05) is 15.9 Å². The number of hydrogen-bond donors (Lipinski definition) is 0. The summed E-state index contributed by atoms with van der Waals surface area (Å²) in [4.78, 5) is 16.3. The summed E-state index contributed by atoms with van der Waals surface area (Å²) in [6, 6.07) is 6.25. The predicted molar refractivity (Wildman–Crippen MR) is 88.9 cm³/mol. The molecule has 3 rings (SSSR count). The fourth-order valence-electron chi connectivity index (χ4n) is 1.77. The number of carbonyl (C=O) groups is 1. The van der Waals surface area contributed by atoms with E-state index in [4.69, 9.17) is 4.74 Å². The molecule has 1 aromatic carbocycles. The Morgan fingerprint density at radius 1 is 1.32 bits per heavy atom. The summed E-state index contributed by atoms with van der Waals surface area (Å²) < 4.78 is 19.2. The van der Waals surface area contributed by atoms with Crippen LogP contribution in [0.3, 0.4) is 0 Å². The van der Waals surface area contributed by atoms with E-state index in [1.807, 2.05) is 22.2 Å². The van der Waals surface area contributed by atoms with E-state index in [0.29, 0.717) is 10.2 Å². The van der Waals surface area contributed by atoms with Gasteiger partial charge in [0.25, 0.3) is 0 Å². The molecule has 0 unspecified atom stereocenters. The molecular formula is C15H9BrFNO2S2. The van der Waals surface area contributed by atoms with E-state index in [1.165, 1.54) is 23.5 Å². The molecule has 0 bridgehead atoms. The first-order valence-corrected chi connectivity index (χ1v) is 8.86. The number of benzene rings is 1. The number of carbonyl (C=O) groups excluding carboxylic acids is 1. The average Bonchev–Trinajstić information content (AvgIpc) is 3.12. The molecule has 0 radical (unpaired) electrons. The zero-order valence-electron chi connectivity index (χ0n) is 11.1. The minimum absolute atomic E-state index is 0.0101. The van der Waals surface area contributed by atoms with Crippen LogP contribution >= 0.6 is 38.6 Å². The normalized spacial score (nSPS) is 10.6. The molecule has 0 atom stereocenters. The molecule has 0 aliphatic rings. The molecule has 22 heavy (non-hydrogen) atoms. The van der Waals surface area contributed by atoms with Crippen LogP contribution in [0.4, 0.5) is 4.39 Å². The van der Waals surface area contributed by atoms with E-state index in [0.717, 1.165) is 10.6 Å². The molecule has 0 amide bonds. The Labute approximate surface area is 142 Å². The molecule has 0 aliphatic carbocycles. The van der Waals surface area contributed by atoms with Crippen molar-refractivity contribution in [2.45, 2.75) is 6.42 Å². The van der Waals surface area contributed by atoms with Crippen LogP contribution in [0.25, 0.3) is 10.6 Å². The van der Waals surface area contributed by atoms with Gasteiger partial charge >= 0.3 is 5.97 Å². The second-order valence-electron chi connectivity index (χ2n) is 4.38. The molecule has 0 saturated carbocycles. The maximum Gasteiger partial charge on any atom is 0.317 e. The molecule has 2 heterocycles. The van der Waals surface area contributed by atoms with Crippen LogP contribution in [-0.4, -0.2) is 11.0 Å². The quantitative estimate of drug-likeness (QED) is 0.463. The smallest absolute Gasteiger partial charge is 0.317 e. The Kier molecular flexibility index (Phi) is 4.66. The number of thiazole rings is 1. The van der Waals surface area contributed by atoms with E-state index in [2.05, 4.69) is 20.9 Å². The van der Waals surface area contributed by atoms with E-state index in [1.54, 1.807) is 17.4 Å². The first kappa shape index (κ1) is 15.3. The summed E-state index contributed by atoms with van der Waals surface area (Å²) in [5.41, 5.74) is 1.65. The van der Waals surface area contributed by atoms with Crippen molar-refractivity contribution in [3.8, 4) is 16.3 Å². The molecule has 7 heteroatoms. The van der Waals surface area contributed by atoms with Crippen molar-refractivity contribution in [2.24, 2.45) is 0 Å². The fourth-order valence-corrected chi connectivity index (χ4v) is 3.64. The monoisotopic (exact) mass is 397 g/mol. The molecule has 2 aromatic heterocycles. The Bertz CT molecular complexity index is 802. The van der Waals surface area contributed by atoms with Gasteiger partial charge in [0.2, 0.25) is 0 Å². The topological polar surface area (TPSA) is 39.2 Å². The van der Waals surface area contributed by atoms with E-state index >= 15 is 0 Å². The third-order valence-electron chi connectivity index (χ3n) is 2.76.